The molecule has 0 radical (unpaired) electrons. The van der Waals surface area contributed by atoms with E-state index < -0.39 is 8.32 Å². The molecule has 0 bridgehead atoms. The number of ether oxygens (including phenoxy) is 1. The van der Waals surface area contributed by atoms with Crippen LogP contribution in [0.5, 0.6) is 0 Å². The number of hydrogen-bond acceptors (Lipinski definition) is 2. The standard InChI is InChI=1S/C18H28O2Si/c1-16(20-21(5,6)18(2,3)4)11-10-14-19-15-17-12-8-7-9-13-17/h7-9,12-13,16H,14-15H2,1-6H3. The Morgan fingerprint density at radius 2 is 1.76 bits per heavy atom. The molecule has 1 atom stereocenters. The average molecular weight is 305 g/mol. The van der Waals surface area contributed by atoms with Crippen molar-refractivity contribution < 1.29 is 9.16 Å². The van der Waals surface area contributed by atoms with Crippen molar-refractivity contribution >= 4 is 8.32 Å². The van der Waals surface area contributed by atoms with E-state index in [1.54, 1.807) is 0 Å². The van der Waals surface area contributed by atoms with Crippen molar-refractivity contribution in [2.24, 2.45) is 0 Å². The van der Waals surface area contributed by atoms with Gasteiger partial charge in [0.25, 0.3) is 0 Å². The minimum absolute atomic E-state index is 0.0359. The summed E-state index contributed by atoms with van der Waals surface area (Å²) in [4.78, 5) is 0. The van der Waals surface area contributed by atoms with Gasteiger partial charge in [0.2, 0.25) is 0 Å². The first-order chi connectivity index (χ1) is 9.72. The summed E-state index contributed by atoms with van der Waals surface area (Å²) in [6, 6.07) is 10.1. The van der Waals surface area contributed by atoms with Crippen molar-refractivity contribution in [2.75, 3.05) is 6.61 Å². The van der Waals surface area contributed by atoms with Crippen LogP contribution in [0.4, 0.5) is 0 Å². The van der Waals surface area contributed by atoms with Crippen molar-refractivity contribution in [1.82, 2.24) is 0 Å². The van der Waals surface area contributed by atoms with Gasteiger partial charge in [-0.15, -0.1) is 0 Å². The van der Waals surface area contributed by atoms with E-state index in [4.69, 9.17) is 9.16 Å². The van der Waals surface area contributed by atoms with Crippen LogP contribution in [0, 0.1) is 11.8 Å². The maximum Gasteiger partial charge on any atom is 0.193 e. The fraction of sp³-hybridized carbons (Fsp3) is 0.556. The summed E-state index contributed by atoms with van der Waals surface area (Å²) < 4.78 is 11.7. The molecule has 0 aromatic heterocycles. The largest absolute Gasteiger partial charge is 0.404 e. The van der Waals surface area contributed by atoms with Gasteiger partial charge in [0.15, 0.2) is 8.32 Å². The van der Waals surface area contributed by atoms with Crippen molar-refractivity contribution in [1.29, 1.82) is 0 Å². The molecule has 0 amide bonds. The molecule has 1 aromatic rings. The number of rotatable bonds is 5. The molecule has 0 aliphatic heterocycles. The van der Waals surface area contributed by atoms with Gasteiger partial charge in [-0.1, -0.05) is 62.9 Å². The predicted octanol–water partition coefficient (Wildman–Crippen LogP) is 4.62. The zero-order chi connectivity index (χ0) is 15.9. The average Bonchev–Trinajstić information content (AvgIpc) is 2.37. The molecule has 1 unspecified atom stereocenters. The van der Waals surface area contributed by atoms with Crippen LogP contribution in [0.1, 0.15) is 33.3 Å². The Balaban J connectivity index is 2.34. The van der Waals surface area contributed by atoms with Crippen LogP contribution < -0.4 is 0 Å². The van der Waals surface area contributed by atoms with E-state index in [1.165, 1.54) is 5.56 Å². The van der Waals surface area contributed by atoms with E-state index in [2.05, 4.69) is 57.8 Å². The third-order valence-electron chi connectivity index (χ3n) is 3.87. The molecule has 0 aliphatic rings. The molecule has 1 aromatic carbocycles. The second-order valence-corrected chi connectivity index (χ2v) is 11.6. The smallest absolute Gasteiger partial charge is 0.193 e. The van der Waals surface area contributed by atoms with Gasteiger partial charge < -0.3 is 9.16 Å². The minimum atomic E-state index is -1.73. The van der Waals surface area contributed by atoms with Gasteiger partial charge in [-0.3, -0.25) is 0 Å². The van der Waals surface area contributed by atoms with Gasteiger partial charge in [-0.05, 0) is 30.6 Å². The summed E-state index contributed by atoms with van der Waals surface area (Å²) in [7, 11) is -1.73. The first-order valence-corrected chi connectivity index (χ1v) is 10.4. The SMILES string of the molecule is CC(C#CCOCc1ccccc1)O[Si](C)(C)C(C)(C)C. The Morgan fingerprint density at radius 1 is 1.14 bits per heavy atom. The molecule has 0 spiro atoms. The summed E-state index contributed by atoms with van der Waals surface area (Å²) in [5, 5.41) is 0.215. The molecule has 1 rings (SSSR count). The Bertz CT molecular complexity index is 477. The van der Waals surface area contributed by atoms with Crippen LogP contribution in [0.2, 0.25) is 18.1 Å². The van der Waals surface area contributed by atoms with Crippen molar-refractivity contribution in [3.63, 3.8) is 0 Å². The van der Waals surface area contributed by atoms with Gasteiger partial charge in [0.1, 0.15) is 12.7 Å². The maximum absolute atomic E-state index is 6.18. The van der Waals surface area contributed by atoms with Crippen molar-refractivity contribution in [2.45, 2.75) is 58.5 Å². The molecular weight excluding hydrogens is 276 g/mol. The fourth-order valence-corrected chi connectivity index (χ4v) is 2.92. The van der Waals surface area contributed by atoms with Gasteiger partial charge in [0, 0.05) is 0 Å². The van der Waals surface area contributed by atoms with Crippen molar-refractivity contribution in [3.05, 3.63) is 35.9 Å². The topological polar surface area (TPSA) is 18.5 Å². The molecule has 116 valence electrons. The Morgan fingerprint density at radius 3 is 2.33 bits per heavy atom. The molecule has 0 saturated heterocycles. The molecule has 0 heterocycles. The first-order valence-electron chi connectivity index (χ1n) is 7.50. The Kier molecular flexibility index (Phi) is 6.67. The molecule has 0 N–H and O–H groups in total. The maximum atomic E-state index is 6.18. The lowest BCUT2D eigenvalue weighted by molar-refractivity contribution is 0.153. The summed E-state index contributed by atoms with van der Waals surface area (Å²) in [6.07, 6.45) is -0.0359. The summed E-state index contributed by atoms with van der Waals surface area (Å²) in [5.41, 5.74) is 1.17. The van der Waals surface area contributed by atoms with Crippen molar-refractivity contribution in [3.8, 4) is 11.8 Å². The lowest BCUT2D eigenvalue weighted by Crippen LogP contribution is -2.43. The third kappa shape index (κ3) is 6.47. The number of benzene rings is 1. The zero-order valence-corrected chi connectivity index (χ0v) is 15.2. The van der Waals surface area contributed by atoms with E-state index >= 15 is 0 Å². The minimum Gasteiger partial charge on any atom is -0.404 e. The zero-order valence-electron chi connectivity index (χ0n) is 14.2. The highest BCUT2D eigenvalue weighted by molar-refractivity contribution is 6.74. The second-order valence-electron chi connectivity index (χ2n) is 6.82. The second kappa shape index (κ2) is 7.79. The summed E-state index contributed by atoms with van der Waals surface area (Å²) in [5.74, 6) is 6.19. The summed E-state index contributed by atoms with van der Waals surface area (Å²) in [6.45, 7) is 14.3. The van der Waals surface area contributed by atoms with Gasteiger partial charge in [0.05, 0.1) is 6.61 Å². The monoisotopic (exact) mass is 304 g/mol. The Labute approximate surface area is 131 Å². The quantitative estimate of drug-likeness (QED) is 0.449. The van der Waals surface area contributed by atoms with E-state index in [0.717, 1.165) is 0 Å². The van der Waals surface area contributed by atoms with Crippen LogP contribution >= 0.6 is 0 Å². The van der Waals surface area contributed by atoms with Crippen LogP contribution in [0.3, 0.4) is 0 Å². The lowest BCUT2D eigenvalue weighted by Gasteiger charge is -2.37. The van der Waals surface area contributed by atoms with E-state index in [1.807, 2.05) is 25.1 Å². The van der Waals surface area contributed by atoms with Gasteiger partial charge in [-0.2, -0.15) is 0 Å². The molecule has 21 heavy (non-hydrogen) atoms. The van der Waals surface area contributed by atoms with E-state index in [9.17, 15) is 0 Å². The molecular formula is C18H28O2Si. The molecule has 2 nitrogen and oxygen atoms in total. The van der Waals surface area contributed by atoms with Crippen LogP contribution in [-0.4, -0.2) is 21.0 Å². The molecule has 3 heteroatoms. The van der Waals surface area contributed by atoms with E-state index in [-0.39, 0.29) is 11.1 Å². The molecule has 0 aliphatic carbocycles. The number of hydrogen-bond donors (Lipinski definition) is 0. The highest BCUT2D eigenvalue weighted by atomic mass is 28.4. The van der Waals surface area contributed by atoms with Crippen LogP contribution in [-0.2, 0) is 15.8 Å². The first kappa shape index (κ1) is 18.0. The summed E-state index contributed by atoms with van der Waals surface area (Å²) >= 11 is 0. The van der Waals surface area contributed by atoms with Gasteiger partial charge >= 0.3 is 0 Å². The van der Waals surface area contributed by atoms with Crippen LogP contribution in [0.15, 0.2) is 30.3 Å². The third-order valence-corrected chi connectivity index (χ3v) is 8.42. The van der Waals surface area contributed by atoms with E-state index in [0.29, 0.717) is 13.2 Å². The van der Waals surface area contributed by atoms with Crippen LogP contribution in [0.25, 0.3) is 0 Å². The van der Waals surface area contributed by atoms with Gasteiger partial charge in [-0.25, -0.2) is 0 Å². The molecule has 0 fully saturated rings. The lowest BCUT2D eigenvalue weighted by atomic mass is 10.2. The predicted molar refractivity (Wildman–Crippen MR) is 91.6 cm³/mol. The normalized spacial score (nSPS) is 13.4. The highest BCUT2D eigenvalue weighted by Crippen LogP contribution is 2.37. The Hall–Kier alpha value is -1.08. The molecule has 0 saturated carbocycles. The highest BCUT2D eigenvalue weighted by Gasteiger charge is 2.38. The fourth-order valence-electron chi connectivity index (χ4n) is 1.63.